The number of benzene rings is 4. The molecule has 0 aliphatic heterocycles. The Morgan fingerprint density at radius 3 is 2.13 bits per heavy atom. The largest absolute Gasteiger partial charge is 0.489 e. The summed E-state index contributed by atoms with van der Waals surface area (Å²) in [5.41, 5.74) is 6.70. The molecule has 0 amide bonds. The maximum absolute atomic E-state index is 9.53. The Morgan fingerprint density at radius 2 is 1.35 bits per heavy atom. The van der Waals surface area contributed by atoms with Gasteiger partial charge in [0.2, 0.25) is 0 Å². The van der Waals surface area contributed by atoms with Gasteiger partial charge in [-0.3, -0.25) is 0 Å². The molecule has 4 aromatic rings. The van der Waals surface area contributed by atoms with Crippen molar-refractivity contribution >= 4 is 10.8 Å². The van der Waals surface area contributed by atoms with Gasteiger partial charge in [0.15, 0.2) is 0 Å². The van der Waals surface area contributed by atoms with E-state index in [2.05, 4.69) is 0 Å². The van der Waals surface area contributed by atoms with Gasteiger partial charge >= 0.3 is 0 Å². The monoisotopic (exact) mass is 415 g/mol. The molecule has 4 aromatic carbocycles. The number of aliphatic hydroxyl groups is 2. The standard InChI is InChI=1S/C26H25NO4/c27-26(17-28,18-29)22-11-9-21-14-25(12-10-20(21)13-22)31-24-8-4-7-23(15-24)30-16-19-5-2-1-3-6-19/h1-15,28-29H,16-18,27H2. The maximum atomic E-state index is 9.53. The molecule has 0 heterocycles. The van der Waals surface area contributed by atoms with E-state index in [4.69, 9.17) is 15.2 Å². The second kappa shape index (κ2) is 9.18. The van der Waals surface area contributed by atoms with Gasteiger partial charge in [0, 0.05) is 6.07 Å². The maximum Gasteiger partial charge on any atom is 0.131 e. The Morgan fingerprint density at radius 1 is 0.677 bits per heavy atom. The van der Waals surface area contributed by atoms with Crippen molar-refractivity contribution in [1.82, 2.24) is 0 Å². The van der Waals surface area contributed by atoms with Gasteiger partial charge in [-0.25, -0.2) is 0 Å². The molecule has 5 nitrogen and oxygen atoms in total. The molecule has 31 heavy (non-hydrogen) atoms. The van der Waals surface area contributed by atoms with Crippen molar-refractivity contribution in [3.8, 4) is 17.2 Å². The van der Waals surface area contributed by atoms with Crippen molar-refractivity contribution in [1.29, 1.82) is 0 Å². The summed E-state index contributed by atoms with van der Waals surface area (Å²) < 4.78 is 11.9. The van der Waals surface area contributed by atoms with Gasteiger partial charge in [-0.05, 0) is 52.2 Å². The van der Waals surface area contributed by atoms with Crippen LogP contribution in [0.3, 0.4) is 0 Å². The van der Waals surface area contributed by atoms with Crippen molar-refractivity contribution in [3.63, 3.8) is 0 Å². The molecule has 0 unspecified atom stereocenters. The second-order valence-electron chi connectivity index (χ2n) is 7.55. The molecule has 0 bridgehead atoms. The zero-order chi connectivity index (χ0) is 21.7. The second-order valence-corrected chi connectivity index (χ2v) is 7.55. The van der Waals surface area contributed by atoms with E-state index in [9.17, 15) is 10.2 Å². The Hall–Kier alpha value is -3.38. The van der Waals surface area contributed by atoms with Gasteiger partial charge in [0.1, 0.15) is 23.9 Å². The number of fused-ring (bicyclic) bond motifs is 1. The molecule has 0 saturated carbocycles. The van der Waals surface area contributed by atoms with Gasteiger partial charge in [-0.15, -0.1) is 0 Å². The molecule has 0 aromatic heterocycles. The van der Waals surface area contributed by atoms with Crippen molar-refractivity contribution in [2.75, 3.05) is 13.2 Å². The first-order chi connectivity index (χ1) is 15.1. The molecule has 0 saturated heterocycles. The highest BCUT2D eigenvalue weighted by atomic mass is 16.5. The van der Waals surface area contributed by atoms with Gasteiger partial charge in [0.05, 0.1) is 18.8 Å². The van der Waals surface area contributed by atoms with E-state index in [1.165, 1.54) is 0 Å². The molecule has 4 rings (SSSR count). The van der Waals surface area contributed by atoms with E-state index >= 15 is 0 Å². The minimum absolute atomic E-state index is 0.334. The van der Waals surface area contributed by atoms with Crippen LogP contribution in [0.25, 0.3) is 10.8 Å². The van der Waals surface area contributed by atoms with E-state index in [0.717, 1.165) is 22.1 Å². The highest BCUT2D eigenvalue weighted by Gasteiger charge is 2.25. The third-order valence-corrected chi connectivity index (χ3v) is 5.24. The quantitative estimate of drug-likeness (QED) is 0.398. The summed E-state index contributed by atoms with van der Waals surface area (Å²) in [5, 5.41) is 21.0. The van der Waals surface area contributed by atoms with Crippen LogP contribution < -0.4 is 15.2 Å². The predicted octanol–water partition coefficient (Wildman–Crippen LogP) is 4.35. The normalized spacial score (nSPS) is 11.5. The molecule has 0 radical (unpaired) electrons. The number of hydrogen-bond donors (Lipinski definition) is 3. The van der Waals surface area contributed by atoms with Gasteiger partial charge in [0.25, 0.3) is 0 Å². The summed E-state index contributed by atoms with van der Waals surface area (Å²) in [6, 6.07) is 28.9. The molecule has 4 N–H and O–H groups in total. The average Bonchev–Trinajstić information content (AvgIpc) is 2.83. The number of aliphatic hydroxyl groups excluding tert-OH is 2. The van der Waals surface area contributed by atoms with Crippen LogP contribution in [0.15, 0.2) is 91.0 Å². The lowest BCUT2D eigenvalue weighted by Gasteiger charge is -2.25. The summed E-state index contributed by atoms with van der Waals surface area (Å²) in [4.78, 5) is 0. The lowest BCUT2D eigenvalue weighted by Crippen LogP contribution is -2.44. The van der Waals surface area contributed by atoms with Crippen molar-refractivity contribution in [3.05, 3.63) is 102 Å². The first-order valence-electron chi connectivity index (χ1n) is 10.1. The molecule has 0 aliphatic rings. The Bertz CT molecular complexity index is 1160. The highest BCUT2D eigenvalue weighted by molar-refractivity contribution is 5.84. The van der Waals surface area contributed by atoms with Crippen LogP contribution in [0, 0.1) is 0 Å². The van der Waals surface area contributed by atoms with E-state index in [-0.39, 0.29) is 13.2 Å². The van der Waals surface area contributed by atoms with Gasteiger partial charge in [-0.2, -0.15) is 0 Å². The Kier molecular flexibility index (Phi) is 6.18. The van der Waals surface area contributed by atoms with E-state index in [0.29, 0.717) is 23.7 Å². The van der Waals surface area contributed by atoms with E-state index in [1.807, 2.05) is 91.0 Å². The minimum atomic E-state index is -1.16. The minimum Gasteiger partial charge on any atom is -0.489 e. The lowest BCUT2D eigenvalue weighted by molar-refractivity contribution is 0.121. The first-order valence-corrected chi connectivity index (χ1v) is 10.1. The predicted molar refractivity (Wildman–Crippen MR) is 121 cm³/mol. The summed E-state index contributed by atoms with van der Waals surface area (Å²) in [5.74, 6) is 2.12. The molecular formula is C26H25NO4. The fourth-order valence-electron chi connectivity index (χ4n) is 3.33. The van der Waals surface area contributed by atoms with Crippen LogP contribution in [0.5, 0.6) is 17.2 Å². The smallest absolute Gasteiger partial charge is 0.131 e. The molecule has 0 aliphatic carbocycles. The highest BCUT2D eigenvalue weighted by Crippen LogP contribution is 2.30. The van der Waals surface area contributed by atoms with Gasteiger partial charge < -0.3 is 25.4 Å². The average molecular weight is 415 g/mol. The molecule has 0 atom stereocenters. The third-order valence-electron chi connectivity index (χ3n) is 5.24. The van der Waals surface area contributed by atoms with Gasteiger partial charge in [-0.1, -0.05) is 54.6 Å². The molecule has 0 spiro atoms. The Labute approximate surface area is 181 Å². The van der Waals surface area contributed by atoms with Crippen LogP contribution >= 0.6 is 0 Å². The molecular weight excluding hydrogens is 390 g/mol. The fourth-order valence-corrected chi connectivity index (χ4v) is 3.33. The number of nitrogens with two attached hydrogens (primary N) is 1. The van der Waals surface area contributed by atoms with Crippen molar-refractivity contribution < 1.29 is 19.7 Å². The van der Waals surface area contributed by atoms with E-state index in [1.54, 1.807) is 0 Å². The first kappa shape index (κ1) is 20.9. The number of ether oxygens (including phenoxy) is 2. The van der Waals surface area contributed by atoms with Crippen LogP contribution in [0.1, 0.15) is 11.1 Å². The zero-order valence-electron chi connectivity index (χ0n) is 17.1. The summed E-state index contributed by atoms with van der Waals surface area (Å²) >= 11 is 0. The van der Waals surface area contributed by atoms with Crippen LogP contribution in [-0.2, 0) is 12.1 Å². The number of hydrogen-bond acceptors (Lipinski definition) is 5. The van der Waals surface area contributed by atoms with Crippen molar-refractivity contribution in [2.24, 2.45) is 5.73 Å². The number of rotatable bonds is 8. The third kappa shape index (κ3) is 4.86. The van der Waals surface area contributed by atoms with Crippen LogP contribution in [-0.4, -0.2) is 23.4 Å². The summed E-state index contributed by atoms with van der Waals surface area (Å²) in [6.07, 6.45) is 0. The topological polar surface area (TPSA) is 84.9 Å². The lowest BCUT2D eigenvalue weighted by atomic mass is 9.91. The van der Waals surface area contributed by atoms with Crippen LogP contribution in [0.2, 0.25) is 0 Å². The molecule has 5 heteroatoms. The van der Waals surface area contributed by atoms with E-state index < -0.39 is 5.54 Å². The summed E-state index contributed by atoms with van der Waals surface area (Å²) in [7, 11) is 0. The van der Waals surface area contributed by atoms with Crippen LogP contribution in [0.4, 0.5) is 0 Å². The molecule has 0 fully saturated rings. The zero-order valence-corrected chi connectivity index (χ0v) is 17.1. The fraction of sp³-hybridized carbons (Fsp3) is 0.154. The molecule has 158 valence electrons. The SMILES string of the molecule is NC(CO)(CO)c1ccc2cc(Oc3cccc(OCc4ccccc4)c3)ccc2c1. The summed E-state index contributed by atoms with van der Waals surface area (Å²) in [6.45, 7) is -0.176. The van der Waals surface area contributed by atoms with Crippen molar-refractivity contribution in [2.45, 2.75) is 12.1 Å². The Balaban J connectivity index is 1.49.